The van der Waals surface area contributed by atoms with E-state index in [0.29, 0.717) is 5.52 Å². The molecule has 0 aliphatic heterocycles. The van der Waals surface area contributed by atoms with E-state index < -0.39 is 10.2 Å². The SMILES string of the molecule is NS(=O)(=O)n1nc(C2CCCCCC2)c2ccc(O)cc21. The fourth-order valence-corrected chi connectivity index (χ4v) is 3.78. The number of phenolic OH excluding ortho intramolecular Hbond substituents is 1. The lowest BCUT2D eigenvalue weighted by atomic mass is 9.94. The van der Waals surface area contributed by atoms with Gasteiger partial charge in [0, 0.05) is 17.4 Å². The Morgan fingerprint density at radius 1 is 1.19 bits per heavy atom. The van der Waals surface area contributed by atoms with Crippen LogP contribution in [0.15, 0.2) is 18.2 Å². The van der Waals surface area contributed by atoms with Gasteiger partial charge in [-0.05, 0) is 25.0 Å². The summed E-state index contributed by atoms with van der Waals surface area (Å²) in [5.74, 6) is 0.252. The summed E-state index contributed by atoms with van der Waals surface area (Å²) in [5.41, 5.74) is 1.12. The number of nitrogens with zero attached hydrogens (tertiary/aromatic N) is 2. The molecule has 7 heteroatoms. The van der Waals surface area contributed by atoms with Crippen molar-refractivity contribution in [3.05, 3.63) is 23.9 Å². The van der Waals surface area contributed by atoms with Crippen molar-refractivity contribution in [3.63, 3.8) is 0 Å². The Kier molecular flexibility index (Phi) is 3.62. The molecule has 1 fully saturated rings. The Morgan fingerprint density at radius 2 is 1.86 bits per heavy atom. The van der Waals surface area contributed by atoms with E-state index in [4.69, 9.17) is 5.14 Å². The van der Waals surface area contributed by atoms with Crippen LogP contribution in [0, 0.1) is 0 Å². The van der Waals surface area contributed by atoms with Crippen molar-refractivity contribution < 1.29 is 13.5 Å². The molecular weight excluding hydrogens is 290 g/mol. The zero-order valence-electron chi connectivity index (χ0n) is 11.7. The fraction of sp³-hybridized carbons (Fsp3) is 0.500. The molecule has 0 bridgehead atoms. The number of benzene rings is 1. The molecule has 0 saturated heterocycles. The minimum atomic E-state index is -3.98. The molecule has 6 nitrogen and oxygen atoms in total. The van der Waals surface area contributed by atoms with Crippen LogP contribution in [-0.2, 0) is 10.2 Å². The highest BCUT2D eigenvalue weighted by Crippen LogP contribution is 2.36. The van der Waals surface area contributed by atoms with Crippen LogP contribution < -0.4 is 5.14 Å². The number of rotatable bonds is 2. The molecule has 21 heavy (non-hydrogen) atoms. The van der Waals surface area contributed by atoms with Crippen LogP contribution in [0.4, 0.5) is 0 Å². The van der Waals surface area contributed by atoms with Gasteiger partial charge in [0.2, 0.25) is 0 Å². The molecule has 1 heterocycles. The fourth-order valence-electron chi connectivity index (χ4n) is 3.15. The molecule has 0 unspecified atom stereocenters. The molecule has 0 atom stereocenters. The highest BCUT2D eigenvalue weighted by Gasteiger charge is 2.24. The minimum absolute atomic E-state index is 0.000263. The molecule has 114 valence electrons. The number of aromatic hydroxyl groups is 1. The summed E-state index contributed by atoms with van der Waals surface area (Å²) < 4.78 is 24.3. The van der Waals surface area contributed by atoms with Crippen LogP contribution in [-0.4, -0.2) is 22.7 Å². The maximum Gasteiger partial charge on any atom is 0.318 e. The maximum atomic E-state index is 11.7. The summed E-state index contributed by atoms with van der Waals surface area (Å²) in [5, 5.41) is 19.9. The summed E-state index contributed by atoms with van der Waals surface area (Å²) in [7, 11) is -3.98. The number of aromatic nitrogens is 2. The lowest BCUT2D eigenvalue weighted by Crippen LogP contribution is -2.23. The zero-order chi connectivity index (χ0) is 15.0. The Labute approximate surface area is 123 Å². The lowest BCUT2D eigenvalue weighted by Gasteiger charge is -2.11. The second-order valence-corrected chi connectivity index (χ2v) is 7.04. The highest BCUT2D eigenvalue weighted by atomic mass is 32.2. The molecule has 1 saturated carbocycles. The standard InChI is InChI=1S/C14H19N3O3S/c15-21(19,20)17-13-9-11(18)7-8-12(13)14(16-17)10-5-3-1-2-4-6-10/h7-10,18H,1-6H2,(H2,15,19,20). The van der Waals surface area contributed by atoms with Crippen molar-refractivity contribution in [3.8, 4) is 5.75 Å². The summed E-state index contributed by atoms with van der Waals surface area (Å²) in [4.78, 5) is 0. The second kappa shape index (κ2) is 5.31. The van der Waals surface area contributed by atoms with Crippen molar-refractivity contribution >= 4 is 21.1 Å². The van der Waals surface area contributed by atoms with Gasteiger partial charge in [0.1, 0.15) is 5.75 Å². The molecule has 1 aliphatic rings. The average molecular weight is 309 g/mol. The second-order valence-electron chi connectivity index (χ2n) is 5.66. The van der Waals surface area contributed by atoms with Gasteiger partial charge in [-0.3, -0.25) is 0 Å². The monoisotopic (exact) mass is 309 g/mol. The Bertz CT molecular complexity index is 759. The van der Waals surface area contributed by atoms with E-state index in [1.54, 1.807) is 12.1 Å². The molecule has 1 aromatic heterocycles. The van der Waals surface area contributed by atoms with E-state index in [1.807, 2.05) is 0 Å². The van der Waals surface area contributed by atoms with E-state index in [1.165, 1.54) is 18.9 Å². The maximum absolute atomic E-state index is 11.7. The molecule has 3 rings (SSSR count). The Morgan fingerprint density at radius 3 is 2.48 bits per heavy atom. The quantitative estimate of drug-likeness (QED) is 0.831. The molecule has 0 radical (unpaired) electrons. The molecule has 3 N–H and O–H groups in total. The summed E-state index contributed by atoms with van der Waals surface area (Å²) >= 11 is 0. The van der Waals surface area contributed by atoms with Crippen LogP contribution in [0.5, 0.6) is 5.75 Å². The third-order valence-electron chi connectivity index (χ3n) is 4.14. The third-order valence-corrected chi connectivity index (χ3v) is 4.91. The first-order chi connectivity index (χ1) is 9.97. The van der Waals surface area contributed by atoms with E-state index in [9.17, 15) is 13.5 Å². The van der Waals surface area contributed by atoms with Crippen molar-refractivity contribution in [2.45, 2.75) is 44.4 Å². The van der Waals surface area contributed by atoms with Crippen molar-refractivity contribution in [1.82, 2.24) is 9.19 Å². The largest absolute Gasteiger partial charge is 0.508 e. The normalized spacial score (nSPS) is 18.0. The predicted molar refractivity (Wildman–Crippen MR) is 80.3 cm³/mol. The molecule has 2 aromatic rings. The van der Waals surface area contributed by atoms with E-state index in [-0.39, 0.29) is 11.7 Å². The molecule has 1 aromatic carbocycles. The lowest BCUT2D eigenvalue weighted by molar-refractivity contribution is 0.476. The van der Waals surface area contributed by atoms with Gasteiger partial charge in [0.25, 0.3) is 0 Å². The third kappa shape index (κ3) is 2.75. The number of nitrogens with two attached hydrogens (primary N) is 1. The van der Waals surface area contributed by atoms with Crippen molar-refractivity contribution in [1.29, 1.82) is 0 Å². The zero-order valence-corrected chi connectivity index (χ0v) is 12.5. The van der Waals surface area contributed by atoms with E-state index >= 15 is 0 Å². The number of phenols is 1. The molecule has 0 amide bonds. The highest BCUT2D eigenvalue weighted by molar-refractivity contribution is 7.87. The average Bonchev–Trinajstić information content (AvgIpc) is 2.60. The first-order valence-corrected chi connectivity index (χ1v) is 8.72. The number of hydrogen-bond donors (Lipinski definition) is 2. The molecule has 0 spiro atoms. The van der Waals surface area contributed by atoms with Crippen molar-refractivity contribution in [2.24, 2.45) is 5.14 Å². The minimum Gasteiger partial charge on any atom is -0.508 e. The summed E-state index contributed by atoms with van der Waals surface area (Å²) in [6, 6.07) is 4.67. The van der Waals surface area contributed by atoms with Gasteiger partial charge < -0.3 is 5.11 Å². The topological polar surface area (TPSA) is 98.2 Å². The number of fused-ring (bicyclic) bond motifs is 1. The van der Waals surface area contributed by atoms with Gasteiger partial charge in [-0.2, -0.15) is 13.5 Å². The van der Waals surface area contributed by atoms with Gasteiger partial charge in [0.15, 0.2) is 0 Å². The molecular formula is C14H19N3O3S. The summed E-state index contributed by atoms with van der Waals surface area (Å²) in [6.07, 6.45) is 6.71. The van der Waals surface area contributed by atoms with Crippen LogP contribution >= 0.6 is 0 Å². The van der Waals surface area contributed by atoms with Crippen LogP contribution in [0.2, 0.25) is 0 Å². The van der Waals surface area contributed by atoms with Gasteiger partial charge in [-0.15, -0.1) is 4.09 Å². The van der Waals surface area contributed by atoms with Gasteiger partial charge in [-0.1, -0.05) is 25.7 Å². The van der Waals surface area contributed by atoms with Gasteiger partial charge >= 0.3 is 10.2 Å². The van der Waals surface area contributed by atoms with Crippen LogP contribution in [0.1, 0.15) is 50.1 Å². The predicted octanol–water partition coefficient (Wildman–Crippen LogP) is 2.23. The van der Waals surface area contributed by atoms with Gasteiger partial charge in [0.05, 0.1) is 11.2 Å². The van der Waals surface area contributed by atoms with E-state index in [0.717, 1.165) is 40.9 Å². The van der Waals surface area contributed by atoms with Gasteiger partial charge in [-0.25, -0.2) is 5.14 Å². The smallest absolute Gasteiger partial charge is 0.318 e. The summed E-state index contributed by atoms with van der Waals surface area (Å²) in [6.45, 7) is 0. The first-order valence-electron chi connectivity index (χ1n) is 7.22. The van der Waals surface area contributed by atoms with Crippen LogP contribution in [0.3, 0.4) is 0 Å². The van der Waals surface area contributed by atoms with Crippen molar-refractivity contribution in [2.75, 3.05) is 0 Å². The Hall–Kier alpha value is -1.60. The Balaban J connectivity index is 2.19. The van der Waals surface area contributed by atoms with E-state index in [2.05, 4.69) is 5.10 Å². The molecule has 1 aliphatic carbocycles. The number of hydrogen-bond acceptors (Lipinski definition) is 4. The first kappa shape index (κ1) is 14.3. The van der Waals surface area contributed by atoms with Crippen LogP contribution in [0.25, 0.3) is 10.9 Å².